The SMILES string of the molecule is CCC(=O)N[C@](Nc1cccc(C)n1)(C(=O)OC)C(F)(F)F. The number of anilines is 1. The molecule has 0 spiro atoms. The smallest absolute Gasteiger partial charge is 0.441 e. The van der Waals surface area contributed by atoms with E-state index in [0.717, 1.165) is 7.11 Å². The van der Waals surface area contributed by atoms with Crippen molar-refractivity contribution in [1.29, 1.82) is 0 Å². The van der Waals surface area contributed by atoms with Gasteiger partial charge in [-0.1, -0.05) is 13.0 Å². The summed E-state index contributed by atoms with van der Waals surface area (Å²) in [6.07, 6.45) is -5.38. The van der Waals surface area contributed by atoms with Gasteiger partial charge in [0.1, 0.15) is 5.82 Å². The number of hydrogen-bond acceptors (Lipinski definition) is 5. The van der Waals surface area contributed by atoms with Crippen LogP contribution in [0, 0.1) is 6.92 Å². The van der Waals surface area contributed by atoms with Gasteiger partial charge in [-0.05, 0) is 19.1 Å². The van der Waals surface area contributed by atoms with Crippen LogP contribution in [0.25, 0.3) is 0 Å². The third kappa shape index (κ3) is 3.66. The Hall–Kier alpha value is -2.32. The van der Waals surface area contributed by atoms with Gasteiger partial charge in [-0.3, -0.25) is 4.79 Å². The lowest BCUT2D eigenvalue weighted by Crippen LogP contribution is -2.69. The molecule has 0 saturated carbocycles. The number of amides is 1. The highest BCUT2D eigenvalue weighted by Crippen LogP contribution is 2.32. The lowest BCUT2D eigenvalue weighted by molar-refractivity contribution is -0.206. The molecule has 0 aliphatic rings. The number of ether oxygens (including phenoxy) is 1. The molecule has 1 rings (SSSR count). The first-order valence-electron chi connectivity index (χ1n) is 6.34. The summed E-state index contributed by atoms with van der Waals surface area (Å²) < 4.78 is 44.7. The number of methoxy groups -OCH3 is 1. The molecule has 1 aromatic rings. The summed E-state index contributed by atoms with van der Waals surface area (Å²) in [5.41, 5.74) is -2.97. The first kappa shape index (κ1) is 17.7. The number of esters is 1. The highest BCUT2D eigenvalue weighted by atomic mass is 19.4. The van der Waals surface area contributed by atoms with Crippen molar-refractivity contribution >= 4 is 17.7 Å². The molecule has 1 atom stereocenters. The van der Waals surface area contributed by atoms with Crippen molar-refractivity contribution in [3.63, 3.8) is 0 Å². The molecule has 0 aliphatic heterocycles. The van der Waals surface area contributed by atoms with E-state index in [-0.39, 0.29) is 12.2 Å². The van der Waals surface area contributed by atoms with Gasteiger partial charge in [0.15, 0.2) is 0 Å². The van der Waals surface area contributed by atoms with Crippen LogP contribution in [-0.4, -0.2) is 35.8 Å². The number of hydrogen-bond donors (Lipinski definition) is 2. The van der Waals surface area contributed by atoms with Gasteiger partial charge in [0.2, 0.25) is 5.91 Å². The summed E-state index contributed by atoms with van der Waals surface area (Å²) in [4.78, 5) is 27.1. The highest BCUT2D eigenvalue weighted by Gasteiger charge is 2.63. The van der Waals surface area contributed by atoms with Gasteiger partial charge >= 0.3 is 17.8 Å². The number of alkyl halides is 3. The molecule has 122 valence electrons. The third-order valence-corrected chi connectivity index (χ3v) is 2.77. The van der Waals surface area contributed by atoms with Crippen LogP contribution in [0.2, 0.25) is 0 Å². The maximum atomic E-state index is 13.5. The molecule has 0 aromatic carbocycles. The molecular formula is C13H16F3N3O3. The van der Waals surface area contributed by atoms with Gasteiger partial charge in [0.05, 0.1) is 7.11 Å². The Labute approximate surface area is 125 Å². The minimum Gasteiger partial charge on any atom is -0.466 e. The van der Waals surface area contributed by atoms with E-state index >= 15 is 0 Å². The Kier molecular flexibility index (Phi) is 5.34. The number of aryl methyl sites for hydroxylation is 1. The van der Waals surface area contributed by atoms with E-state index in [1.165, 1.54) is 19.1 Å². The Morgan fingerprint density at radius 3 is 2.41 bits per heavy atom. The summed E-state index contributed by atoms with van der Waals surface area (Å²) in [7, 11) is 0.798. The molecule has 9 heteroatoms. The fourth-order valence-electron chi connectivity index (χ4n) is 1.65. The fraction of sp³-hybridized carbons (Fsp3) is 0.462. The molecule has 0 bridgehead atoms. The number of carbonyl (C=O) groups is 2. The van der Waals surface area contributed by atoms with Crippen LogP contribution in [-0.2, 0) is 14.3 Å². The second kappa shape index (κ2) is 6.63. The summed E-state index contributed by atoms with van der Waals surface area (Å²) >= 11 is 0. The van der Waals surface area contributed by atoms with Gasteiger partial charge in [0.25, 0.3) is 0 Å². The number of nitrogens with zero attached hydrogens (tertiary/aromatic N) is 1. The molecule has 0 saturated heterocycles. The van der Waals surface area contributed by atoms with Crippen LogP contribution < -0.4 is 10.6 Å². The standard InChI is InChI=1S/C13H16F3N3O3/c1-4-10(20)19-12(11(21)22-3,13(14,15)16)18-9-7-5-6-8(2)17-9/h5-7H,4H2,1-3H3,(H,17,18)(H,19,20)/t12-/m1/s1. The van der Waals surface area contributed by atoms with Crippen molar-refractivity contribution in [1.82, 2.24) is 10.3 Å². The lowest BCUT2D eigenvalue weighted by Gasteiger charge is -2.34. The van der Waals surface area contributed by atoms with Gasteiger partial charge in [0, 0.05) is 12.1 Å². The lowest BCUT2D eigenvalue weighted by atomic mass is 10.1. The molecule has 2 N–H and O–H groups in total. The van der Waals surface area contributed by atoms with Gasteiger partial charge in [-0.15, -0.1) is 0 Å². The number of halogens is 3. The van der Waals surface area contributed by atoms with Crippen molar-refractivity contribution in [3.8, 4) is 0 Å². The first-order chi connectivity index (χ1) is 10.2. The number of nitrogens with one attached hydrogen (secondary N) is 2. The molecule has 1 heterocycles. The Morgan fingerprint density at radius 1 is 1.32 bits per heavy atom. The molecule has 22 heavy (non-hydrogen) atoms. The van der Waals surface area contributed by atoms with E-state index in [1.807, 2.05) is 5.32 Å². The molecule has 1 amide bonds. The van der Waals surface area contributed by atoms with E-state index < -0.39 is 23.7 Å². The summed E-state index contributed by atoms with van der Waals surface area (Å²) in [5.74, 6) is -2.88. The summed E-state index contributed by atoms with van der Waals surface area (Å²) in [6, 6.07) is 4.28. The quantitative estimate of drug-likeness (QED) is 0.638. The zero-order chi connectivity index (χ0) is 17.0. The van der Waals surface area contributed by atoms with Crippen LogP contribution in [0.4, 0.5) is 19.0 Å². The van der Waals surface area contributed by atoms with E-state index in [2.05, 4.69) is 9.72 Å². The summed E-state index contributed by atoms with van der Waals surface area (Å²) in [6.45, 7) is 2.93. The zero-order valence-corrected chi connectivity index (χ0v) is 12.2. The second-order valence-electron chi connectivity index (χ2n) is 4.43. The Balaban J connectivity index is 3.35. The summed E-state index contributed by atoms with van der Waals surface area (Å²) in [5, 5.41) is 3.60. The van der Waals surface area contributed by atoms with Gasteiger partial charge < -0.3 is 15.4 Å². The molecular weight excluding hydrogens is 303 g/mol. The number of rotatable bonds is 5. The van der Waals surface area contributed by atoms with Crippen molar-refractivity contribution in [2.24, 2.45) is 0 Å². The van der Waals surface area contributed by atoms with E-state index in [4.69, 9.17) is 0 Å². The molecule has 0 unspecified atom stereocenters. The first-order valence-corrected chi connectivity index (χ1v) is 6.34. The average molecular weight is 319 g/mol. The maximum Gasteiger partial charge on any atom is 0.441 e. The van der Waals surface area contributed by atoms with E-state index in [9.17, 15) is 22.8 Å². The second-order valence-corrected chi connectivity index (χ2v) is 4.43. The number of pyridine rings is 1. The zero-order valence-electron chi connectivity index (χ0n) is 12.2. The minimum absolute atomic E-state index is 0.223. The average Bonchev–Trinajstić information content (AvgIpc) is 2.44. The molecule has 0 aliphatic carbocycles. The predicted molar refractivity (Wildman–Crippen MR) is 71.8 cm³/mol. The van der Waals surface area contributed by atoms with Crippen molar-refractivity contribution < 1.29 is 27.5 Å². The molecule has 0 fully saturated rings. The normalized spacial score (nSPS) is 13.9. The van der Waals surface area contributed by atoms with Crippen LogP contribution in [0.1, 0.15) is 19.0 Å². The minimum atomic E-state index is -5.14. The Morgan fingerprint density at radius 2 is 1.95 bits per heavy atom. The Bertz CT molecular complexity index is 563. The van der Waals surface area contributed by atoms with E-state index in [1.54, 1.807) is 18.3 Å². The van der Waals surface area contributed by atoms with Crippen molar-refractivity contribution in [2.45, 2.75) is 32.1 Å². The molecule has 1 aromatic heterocycles. The number of carbonyl (C=O) groups excluding carboxylic acids is 2. The third-order valence-electron chi connectivity index (χ3n) is 2.77. The maximum absolute atomic E-state index is 13.5. The van der Waals surface area contributed by atoms with Crippen molar-refractivity contribution in [3.05, 3.63) is 23.9 Å². The number of aromatic nitrogens is 1. The van der Waals surface area contributed by atoms with Crippen LogP contribution >= 0.6 is 0 Å². The fourth-order valence-corrected chi connectivity index (χ4v) is 1.65. The highest BCUT2D eigenvalue weighted by molar-refractivity contribution is 5.91. The van der Waals surface area contributed by atoms with Crippen molar-refractivity contribution in [2.75, 3.05) is 12.4 Å². The monoisotopic (exact) mass is 319 g/mol. The van der Waals surface area contributed by atoms with Crippen LogP contribution in [0.15, 0.2) is 18.2 Å². The molecule has 6 nitrogen and oxygen atoms in total. The molecule has 0 radical (unpaired) electrons. The van der Waals surface area contributed by atoms with E-state index in [0.29, 0.717) is 5.69 Å². The predicted octanol–water partition coefficient (Wildman–Crippen LogP) is 1.76. The van der Waals surface area contributed by atoms with Crippen LogP contribution in [0.3, 0.4) is 0 Å². The largest absolute Gasteiger partial charge is 0.466 e. The van der Waals surface area contributed by atoms with Gasteiger partial charge in [-0.25, -0.2) is 9.78 Å². The van der Waals surface area contributed by atoms with Gasteiger partial charge in [-0.2, -0.15) is 13.2 Å². The topological polar surface area (TPSA) is 80.3 Å². The van der Waals surface area contributed by atoms with Crippen LogP contribution in [0.5, 0.6) is 0 Å².